The van der Waals surface area contributed by atoms with E-state index in [4.69, 9.17) is 5.73 Å². The Labute approximate surface area is 131 Å². The van der Waals surface area contributed by atoms with Crippen LogP contribution in [0, 0.1) is 0 Å². The molecule has 0 spiro atoms. The van der Waals surface area contributed by atoms with Crippen LogP contribution in [0.15, 0.2) is 30.3 Å². The number of nitrogens with two attached hydrogens (primary N) is 1. The van der Waals surface area contributed by atoms with Crippen LogP contribution in [-0.4, -0.2) is 55.6 Å². The van der Waals surface area contributed by atoms with Crippen molar-refractivity contribution < 1.29 is 0 Å². The molecule has 120 valence electrons. The van der Waals surface area contributed by atoms with E-state index in [1.165, 1.54) is 12.0 Å². The molecule has 0 aliphatic carbocycles. The minimum absolute atomic E-state index is 0.0942. The Bertz CT molecular complexity index is 377. The van der Waals surface area contributed by atoms with Gasteiger partial charge >= 0.3 is 0 Å². The van der Waals surface area contributed by atoms with Crippen molar-refractivity contribution in [2.24, 2.45) is 5.73 Å². The monoisotopic (exact) mass is 291 g/mol. The smallest absolute Gasteiger partial charge is 0.0306 e. The third-order valence-electron chi connectivity index (χ3n) is 4.41. The number of hydrogen-bond donors (Lipinski definition) is 1. The third kappa shape index (κ3) is 6.16. The summed E-state index contributed by atoms with van der Waals surface area (Å²) >= 11 is 0. The SMILES string of the molecule is CCN(CCCN(C)C)C(C)(CN)CCc1ccccc1. The van der Waals surface area contributed by atoms with E-state index in [0.717, 1.165) is 39.0 Å². The van der Waals surface area contributed by atoms with E-state index >= 15 is 0 Å². The molecule has 1 unspecified atom stereocenters. The van der Waals surface area contributed by atoms with E-state index in [-0.39, 0.29) is 5.54 Å². The predicted molar refractivity (Wildman–Crippen MR) is 92.6 cm³/mol. The number of benzene rings is 1. The van der Waals surface area contributed by atoms with Crippen molar-refractivity contribution in [3.8, 4) is 0 Å². The average Bonchev–Trinajstić information content (AvgIpc) is 2.50. The van der Waals surface area contributed by atoms with Crippen molar-refractivity contribution >= 4 is 0 Å². The molecule has 0 aliphatic heterocycles. The second kappa shape index (κ2) is 9.19. The zero-order valence-corrected chi connectivity index (χ0v) is 14.3. The molecule has 2 N–H and O–H groups in total. The minimum Gasteiger partial charge on any atom is -0.329 e. The van der Waals surface area contributed by atoms with Gasteiger partial charge in [0, 0.05) is 12.1 Å². The van der Waals surface area contributed by atoms with Gasteiger partial charge in [0.1, 0.15) is 0 Å². The summed E-state index contributed by atoms with van der Waals surface area (Å²) in [6, 6.07) is 10.7. The lowest BCUT2D eigenvalue weighted by molar-refractivity contribution is 0.103. The van der Waals surface area contributed by atoms with Gasteiger partial charge in [0.15, 0.2) is 0 Å². The fourth-order valence-corrected chi connectivity index (χ4v) is 2.84. The molecule has 0 heterocycles. The van der Waals surface area contributed by atoms with Gasteiger partial charge in [-0.25, -0.2) is 0 Å². The Morgan fingerprint density at radius 3 is 2.29 bits per heavy atom. The maximum Gasteiger partial charge on any atom is 0.0306 e. The molecule has 0 aromatic heterocycles. The molecule has 3 heteroatoms. The molecule has 21 heavy (non-hydrogen) atoms. The van der Waals surface area contributed by atoms with Gasteiger partial charge in [-0.3, -0.25) is 4.90 Å². The van der Waals surface area contributed by atoms with E-state index < -0.39 is 0 Å². The highest BCUT2D eigenvalue weighted by molar-refractivity contribution is 5.15. The van der Waals surface area contributed by atoms with Crippen LogP contribution in [0.4, 0.5) is 0 Å². The van der Waals surface area contributed by atoms with E-state index in [2.05, 4.69) is 68.1 Å². The number of rotatable bonds is 10. The van der Waals surface area contributed by atoms with Crippen LogP contribution >= 0.6 is 0 Å². The third-order valence-corrected chi connectivity index (χ3v) is 4.41. The molecule has 0 saturated carbocycles. The van der Waals surface area contributed by atoms with E-state index in [1.807, 2.05) is 0 Å². The second-order valence-electron chi connectivity index (χ2n) is 6.42. The molecule has 0 amide bonds. The zero-order chi connectivity index (χ0) is 15.7. The summed E-state index contributed by atoms with van der Waals surface area (Å²) in [6.45, 7) is 8.60. The van der Waals surface area contributed by atoms with Gasteiger partial charge in [-0.1, -0.05) is 37.3 Å². The van der Waals surface area contributed by atoms with Crippen molar-refractivity contribution in [1.29, 1.82) is 0 Å². The molecule has 0 bridgehead atoms. The number of nitrogens with zero attached hydrogens (tertiary/aromatic N) is 2. The summed E-state index contributed by atoms with van der Waals surface area (Å²) in [4.78, 5) is 4.80. The molecule has 0 saturated heterocycles. The summed E-state index contributed by atoms with van der Waals surface area (Å²) in [5.41, 5.74) is 7.63. The quantitative estimate of drug-likeness (QED) is 0.719. The van der Waals surface area contributed by atoms with Gasteiger partial charge in [0.2, 0.25) is 0 Å². The predicted octanol–water partition coefficient (Wildman–Crippen LogP) is 2.61. The summed E-state index contributed by atoms with van der Waals surface area (Å²) < 4.78 is 0. The highest BCUT2D eigenvalue weighted by atomic mass is 15.2. The van der Waals surface area contributed by atoms with Gasteiger partial charge in [-0.05, 0) is 65.5 Å². The molecule has 0 fully saturated rings. The van der Waals surface area contributed by atoms with Crippen molar-refractivity contribution in [2.75, 3.05) is 40.3 Å². The van der Waals surface area contributed by atoms with Crippen LogP contribution in [0.25, 0.3) is 0 Å². The van der Waals surface area contributed by atoms with Gasteiger partial charge in [0.25, 0.3) is 0 Å². The Morgan fingerprint density at radius 2 is 1.76 bits per heavy atom. The summed E-state index contributed by atoms with van der Waals surface area (Å²) in [5.74, 6) is 0. The number of aryl methyl sites for hydroxylation is 1. The molecule has 1 aromatic rings. The van der Waals surface area contributed by atoms with Crippen LogP contribution in [-0.2, 0) is 6.42 Å². The van der Waals surface area contributed by atoms with Crippen LogP contribution < -0.4 is 5.73 Å². The van der Waals surface area contributed by atoms with Crippen LogP contribution in [0.3, 0.4) is 0 Å². The lowest BCUT2D eigenvalue weighted by Gasteiger charge is -2.40. The molecule has 0 aliphatic rings. The molecule has 0 radical (unpaired) electrons. The minimum atomic E-state index is 0.0942. The van der Waals surface area contributed by atoms with Gasteiger partial charge in [-0.2, -0.15) is 0 Å². The maximum atomic E-state index is 6.13. The van der Waals surface area contributed by atoms with Crippen molar-refractivity contribution in [2.45, 2.75) is 38.6 Å². The average molecular weight is 291 g/mol. The molecule has 3 nitrogen and oxygen atoms in total. The van der Waals surface area contributed by atoms with E-state index in [1.54, 1.807) is 0 Å². The first-order chi connectivity index (χ1) is 10.0. The molecule has 1 rings (SSSR count). The normalized spacial score (nSPS) is 14.6. The Balaban J connectivity index is 2.58. The maximum absolute atomic E-state index is 6.13. The largest absolute Gasteiger partial charge is 0.329 e. The highest BCUT2D eigenvalue weighted by Crippen LogP contribution is 2.21. The fourth-order valence-electron chi connectivity index (χ4n) is 2.84. The molecule has 1 atom stereocenters. The van der Waals surface area contributed by atoms with Crippen LogP contribution in [0.5, 0.6) is 0 Å². The summed E-state index contributed by atoms with van der Waals surface area (Å²) in [5, 5.41) is 0. The van der Waals surface area contributed by atoms with Crippen molar-refractivity contribution in [1.82, 2.24) is 9.80 Å². The van der Waals surface area contributed by atoms with Crippen LogP contribution in [0.1, 0.15) is 32.3 Å². The first-order valence-electron chi connectivity index (χ1n) is 8.15. The molecule has 1 aromatic carbocycles. The summed E-state index contributed by atoms with van der Waals surface area (Å²) in [6.07, 6.45) is 3.41. The fraction of sp³-hybridized carbons (Fsp3) is 0.667. The van der Waals surface area contributed by atoms with Crippen molar-refractivity contribution in [3.63, 3.8) is 0 Å². The van der Waals surface area contributed by atoms with E-state index in [0.29, 0.717) is 0 Å². The first kappa shape index (κ1) is 18.1. The first-order valence-corrected chi connectivity index (χ1v) is 8.15. The van der Waals surface area contributed by atoms with Crippen molar-refractivity contribution in [3.05, 3.63) is 35.9 Å². The summed E-state index contributed by atoms with van der Waals surface area (Å²) in [7, 11) is 4.27. The van der Waals surface area contributed by atoms with Gasteiger partial charge in [-0.15, -0.1) is 0 Å². The Hall–Kier alpha value is -0.900. The van der Waals surface area contributed by atoms with Gasteiger partial charge in [0.05, 0.1) is 0 Å². The number of hydrogen-bond acceptors (Lipinski definition) is 3. The van der Waals surface area contributed by atoms with E-state index in [9.17, 15) is 0 Å². The molecular weight excluding hydrogens is 258 g/mol. The zero-order valence-electron chi connectivity index (χ0n) is 14.3. The lowest BCUT2D eigenvalue weighted by atomic mass is 9.91. The Kier molecular flexibility index (Phi) is 7.94. The highest BCUT2D eigenvalue weighted by Gasteiger charge is 2.28. The second-order valence-corrected chi connectivity index (χ2v) is 6.42. The van der Waals surface area contributed by atoms with Gasteiger partial charge < -0.3 is 10.6 Å². The van der Waals surface area contributed by atoms with Crippen LogP contribution in [0.2, 0.25) is 0 Å². The Morgan fingerprint density at radius 1 is 1.10 bits per heavy atom. The standard InChI is InChI=1S/C18H33N3/c1-5-21(15-9-14-20(3)4)18(2,16-19)13-12-17-10-7-6-8-11-17/h6-8,10-11H,5,9,12-16,19H2,1-4H3. The lowest BCUT2D eigenvalue weighted by Crippen LogP contribution is -2.52. The number of likely N-dealkylation sites (N-methyl/N-ethyl adjacent to an activating group) is 1. The topological polar surface area (TPSA) is 32.5 Å². The molecular formula is C18H33N3.